The van der Waals surface area contributed by atoms with Crippen molar-refractivity contribution in [3.8, 4) is 0 Å². The summed E-state index contributed by atoms with van der Waals surface area (Å²) < 4.78 is 30.1. The van der Waals surface area contributed by atoms with Gasteiger partial charge in [-0.25, -0.2) is 18.4 Å². The average molecular weight is 326 g/mol. The molecule has 7 nitrogen and oxygen atoms in total. The normalized spacial score (nSPS) is 23.9. The lowest BCUT2D eigenvalue weighted by molar-refractivity contribution is 0.193. The lowest BCUT2D eigenvalue weighted by Crippen LogP contribution is -2.48. The van der Waals surface area contributed by atoms with Crippen LogP contribution < -0.4 is 4.90 Å². The van der Waals surface area contributed by atoms with Crippen LogP contribution in [0, 0.1) is 6.92 Å². The van der Waals surface area contributed by atoms with Crippen LogP contribution in [0.15, 0.2) is 6.07 Å². The Kier molecular flexibility index (Phi) is 4.33. The van der Waals surface area contributed by atoms with Gasteiger partial charge in [0.2, 0.25) is 10.0 Å². The van der Waals surface area contributed by atoms with Gasteiger partial charge in [-0.1, -0.05) is 0 Å². The van der Waals surface area contributed by atoms with Crippen molar-refractivity contribution in [1.82, 2.24) is 14.3 Å². The lowest BCUT2D eigenvalue weighted by Gasteiger charge is -2.34. The van der Waals surface area contributed by atoms with E-state index < -0.39 is 10.0 Å². The topological polar surface area (TPSA) is 75.6 Å². The van der Waals surface area contributed by atoms with Crippen molar-refractivity contribution in [2.24, 2.45) is 0 Å². The summed E-state index contributed by atoms with van der Waals surface area (Å²) in [5.74, 6) is 1.99. The summed E-state index contributed by atoms with van der Waals surface area (Å²) >= 11 is 0. The number of ether oxygens (including phenoxy) is 1. The Morgan fingerprint density at radius 3 is 2.55 bits per heavy atom. The first-order chi connectivity index (χ1) is 10.4. The fourth-order valence-electron chi connectivity index (χ4n) is 2.96. The maximum absolute atomic E-state index is 11.6. The largest absolute Gasteiger partial charge is 0.381 e. The molecule has 0 unspecified atom stereocenters. The zero-order valence-corrected chi connectivity index (χ0v) is 13.8. The van der Waals surface area contributed by atoms with E-state index in [0.717, 1.165) is 37.0 Å². The van der Waals surface area contributed by atoms with E-state index in [9.17, 15) is 8.42 Å². The van der Waals surface area contributed by atoms with E-state index in [1.165, 1.54) is 10.6 Å². The van der Waals surface area contributed by atoms with Gasteiger partial charge in [-0.05, 0) is 13.3 Å². The van der Waals surface area contributed by atoms with Crippen LogP contribution in [0.2, 0.25) is 0 Å². The minimum atomic E-state index is -3.10. The molecule has 2 aliphatic heterocycles. The standard InChI is InChI=1S/C14H22N4O3S/c1-11-15-13(12-3-8-21-10-12)9-14(16-11)17-4-6-18(7-5-17)22(2,19)20/h9,12H,3-8,10H2,1-2H3/t12-/m0/s1. The third-order valence-corrected chi connectivity index (χ3v) is 5.53. The molecule has 0 aromatic carbocycles. The Labute approximate surface area is 131 Å². The quantitative estimate of drug-likeness (QED) is 0.799. The van der Waals surface area contributed by atoms with E-state index in [1.54, 1.807) is 0 Å². The molecule has 0 radical (unpaired) electrons. The molecular formula is C14H22N4O3S. The van der Waals surface area contributed by atoms with Crippen molar-refractivity contribution < 1.29 is 13.2 Å². The van der Waals surface area contributed by atoms with Gasteiger partial charge in [-0.3, -0.25) is 0 Å². The number of piperazine rings is 1. The molecule has 122 valence electrons. The summed E-state index contributed by atoms with van der Waals surface area (Å²) in [5, 5.41) is 0. The zero-order chi connectivity index (χ0) is 15.7. The third-order valence-electron chi connectivity index (χ3n) is 4.22. The number of aromatic nitrogens is 2. The van der Waals surface area contributed by atoms with Crippen LogP contribution >= 0.6 is 0 Å². The molecule has 2 fully saturated rings. The Hall–Kier alpha value is -1.25. The maximum Gasteiger partial charge on any atom is 0.211 e. The van der Waals surface area contributed by atoms with Crippen LogP contribution in [0.25, 0.3) is 0 Å². The summed E-state index contributed by atoms with van der Waals surface area (Å²) in [7, 11) is -3.10. The van der Waals surface area contributed by atoms with E-state index in [-0.39, 0.29) is 0 Å². The zero-order valence-electron chi connectivity index (χ0n) is 13.0. The highest BCUT2D eigenvalue weighted by molar-refractivity contribution is 7.88. The summed E-state index contributed by atoms with van der Waals surface area (Å²) in [6.45, 7) is 5.73. The predicted octanol–water partition coefficient (Wildman–Crippen LogP) is 0.371. The predicted molar refractivity (Wildman–Crippen MR) is 83.6 cm³/mol. The van der Waals surface area contributed by atoms with E-state index in [0.29, 0.717) is 32.1 Å². The third kappa shape index (κ3) is 3.39. The van der Waals surface area contributed by atoms with Crippen LogP contribution in [0.4, 0.5) is 5.82 Å². The van der Waals surface area contributed by atoms with Crippen molar-refractivity contribution in [3.63, 3.8) is 0 Å². The van der Waals surface area contributed by atoms with Gasteiger partial charge in [0.15, 0.2) is 0 Å². The number of hydrogen-bond acceptors (Lipinski definition) is 6. The van der Waals surface area contributed by atoms with E-state index >= 15 is 0 Å². The number of anilines is 1. The van der Waals surface area contributed by atoms with E-state index in [1.807, 2.05) is 13.0 Å². The Morgan fingerprint density at radius 2 is 1.95 bits per heavy atom. The Bertz CT molecular complexity index is 635. The molecule has 8 heteroatoms. The molecule has 0 N–H and O–H groups in total. The van der Waals surface area contributed by atoms with Crippen molar-refractivity contribution in [3.05, 3.63) is 17.6 Å². The molecule has 3 rings (SSSR count). The molecule has 3 heterocycles. The highest BCUT2D eigenvalue weighted by atomic mass is 32.2. The lowest BCUT2D eigenvalue weighted by atomic mass is 10.0. The monoisotopic (exact) mass is 326 g/mol. The number of nitrogens with zero attached hydrogens (tertiary/aromatic N) is 4. The minimum Gasteiger partial charge on any atom is -0.381 e. The highest BCUT2D eigenvalue weighted by Gasteiger charge is 2.26. The van der Waals surface area contributed by atoms with Gasteiger partial charge in [0.1, 0.15) is 11.6 Å². The Balaban J connectivity index is 1.75. The first-order valence-corrected chi connectivity index (χ1v) is 9.42. The van der Waals surface area contributed by atoms with Gasteiger partial charge in [0.05, 0.1) is 18.6 Å². The number of rotatable bonds is 3. The van der Waals surface area contributed by atoms with Crippen molar-refractivity contribution in [2.75, 3.05) is 50.5 Å². The molecule has 22 heavy (non-hydrogen) atoms. The van der Waals surface area contributed by atoms with Crippen molar-refractivity contribution >= 4 is 15.8 Å². The first-order valence-electron chi connectivity index (χ1n) is 7.57. The second-order valence-corrected chi connectivity index (χ2v) is 7.89. The molecule has 2 saturated heterocycles. The Morgan fingerprint density at radius 1 is 1.23 bits per heavy atom. The molecule has 1 aromatic rings. The fourth-order valence-corrected chi connectivity index (χ4v) is 3.79. The number of aryl methyl sites for hydroxylation is 1. The van der Waals surface area contributed by atoms with Gasteiger partial charge in [0, 0.05) is 44.8 Å². The summed E-state index contributed by atoms with van der Waals surface area (Å²) in [6.07, 6.45) is 2.26. The molecule has 0 spiro atoms. The smallest absolute Gasteiger partial charge is 0.211 e. The van der Waals surface area contributed by atoms with Crippen molar-refractivity contribution in [1.29, 1.82) is 0 Å². The van der Waals surface area contributed by atoms with Gasteiger partial charge in [-0.2, -0.15) is 4.31 Å². The van der Waals surface area contributed by atoms with Gasteiger partial charge in [0.25, 0.3) is 0 Å². The summed E-state index contributed by atoms with van der Waals surface area (Å²) in [4.78, 5) is 11.2. The molecule has 0 aliphatic carbocycles. The fraction of sp³-hybridized carbons (Fsp3) is 0.714. The molecule has 0 amide bonds. The number of hydrogen-bond donors (Lipinski definition) is 0. The van der Waals surface area contributed by atoms with Crippen LogP contribution in [0.3, 0.4) is 0 Å². The van der Waals surface area contributed by atoms with Crippen LogP contribution in [0.1, 0.15) is 23.9 Å². The van der Waals surface area contributed by atoms with Crippen molar-refractivity contribution in [2.45, 2.75) is 19.3 Å². The van der Waals surface area contributed by atoms with Gasteiger partial charge >= 0.3 is 0 Å². The highest BCUT2D eigenvalue weighted by Crippen LogP contribution is 2.26. The van der Waals surface area contributed by atoms with E-state index in [4.69, 9.17) is 4.74 Å². The maximum atomic E-state index is 11.6. The second-order valence-electron chi connectivity index (χ2n) is 5.91. The molecule has 1 atom stereocenters. The molecule has 1 aromatic heterocycles. The molecule has 0 saturated carbocycles. The average Bonchev–Trinajstić information content (AvgIpc) is 3.00. The summed E-state index contributed by atoms with van der Waals surface area (Å²) in [5.41, 5.74) is 1.03. The van der Waals surface area contributed by atoms with Crippen LogP contribution in [0.5, 0.6) is 0 Å². The second kappa shape index (κ2) is 6.10. The van der Waals surface area contributed by atoms with Crippen LogP contribution in [-0.4, -0.2) is 68.3 Å². The van der Waals surface area contributed by atoms with Crippen LogP contribution in [-0.2, 0) is 14.8 Å². The number of sulfonamides is 1. The molecule has 0 bridgehead atoms. The van der Waals surface area contributed by atoms with E-state index in [2.05, 4.69) is 14.9 Å². The van der Waals surface area contributed by atoms with Gasteiger partial charge in [-0.15, -0.1) is 0 Å². The molecular weight excluding hydrogens is 304 g/mol. The summed E-state index contributed by atoms with van der Waals surface area (Å²) in [6, 6.07) is 2.03. The minimum absolute atomic E-state index is 0.345. The van der Waals surface area contributed by atoms with Gasteiger partial charge < -0.3 is 9.64 Å². The SMILES string of the molecule is Cc1nc([C@H]2CCOC2)cc(N2CCN(S(C)(=O)=O)CC2)n1. The first kappa shape index (κ1) is 15.6. The molecule has 2 aliphatic rings.